The van der Waals surface area contributed by atoms with E-state index in [1.54, 1.807) is 6.07 Å². The molecule has 2 N–H and O–H groups in total. The van der Waals surface area contributed by atoms with Crippen LogP contribution in [0.4, 0.5) is 13.2 Å². The first kappa shape index (κ1) is 32.2. The zero-order valence-electron chi connectivity index (χ0n) is 22.5. The van der Waals surface area contributed by atoms with E-state index in [-0.39, 0.29) is 30.4 Å². The predicted octanol–water partition coefficient (Wildman–Crippen LogP) is 8.79. The van der Waals surface area contributed by atoms with E-state index >= 15 is 0 Å². The summed E-state index contributed by atoms with van der Waals surface area (Å²) in [5.41, 5.74) is 0.135. The Kier molecular flexibility index (Phi) is 14.2. The number of ether oxygens (including phenoxy) is 1. The molecule has 0 heterocycles. The van der Waals surface area contributed by atoms with Gasteiger partial charge in [0, 0.05) is 17.7 Å². The number of benzene rings is 2. The van der Waals surface area contributed by atoms with Gasteiger partial charge in [0.1, 0.15) is 12.4 Å². The molecule has 0 aliphatic heterocycles. The van der Waals surface area contributed by atoms with E-state index in [0.29, 0.717) is 22.1 Å². The molecule has 212 valence electrons. The summed E-state index contributed by atoms with van der Waals surface area (Å²) in [4.78, 5) is 12.9. The second-order valence-electron chi connectivity index (χ2n) is 9.71. The maximum absolute atomic E-state index is 13.3. The maximum Gasteiger partial charge on any atom is 0.416 e. The Morgan fingerprint density at radius 1 is 1.03 bits per heavy atom. The van der Waals surface area contributed by atoms with E-state index in [2.05, 4.69) is 35.1 Å². The number of halogens is 4. The van der Waals surface area contributed by atoms with Crippen LogP contribution in [0.5, 0.6) is 5.75 Å². The molecule has 2 aromatic rings. The summed E-state index contributed by atoms with van der Waals surface area (Å²) in [5.74, 6) is 0.754. The third-order valence-electron chi connectivity index (χ3n) is 6.76. The standard InChI is InChI=1S/C30H41BrF3NO3/c1-3-5-6-8-12-22(4-2)13-9-7-10-16-35-29(37)24-20-26(28(27(31)21-24)38-18-17-36)23-14-11-15-25(19-23)30(32,33)34/h11,14-15,19-22,36H,3-10,12-13,16-18H2,1-2H3,(H,35,37). The Morgan fingerprint density at radius 2 is 1.74 bits per heavy atom. The lowest BCUT2D eigenvalue weighted by molar-refractivity contribution is -0.137. The van der Waals surface area contributed by atoms with Crippen LogP contribution in [0.15, 0.2) is 40.9 Å². The fourth-order valence-corrected chi connectivity index (χ4v) is 5.12. The van der Waals surface area contributed by atoms with Gasteiger partial charge < -0.3 is 15.2 Å². The van der Waals surface area contributed by atoms with Crippen LogP contribution in [-0.4, -0.2) is 30.8 Å². The SMILES string of the molecule is CCCCCCC(CC)CCCCCNC(=O)c1cc(Br)c(OCCO)c(-c2cccc(C(F)(F)F)c2)c1. The van der Waals surface area contributed by atoms with E-state index < -0.39 is 11.7 Å². The first-order valence-corrected chi connectivity index (χ1v) is 14.5. The Bertz CT molecular complexity index is 997. The molecule has 8 heteroatoms. The lowest BCUT2D eigenvalue weighted by atomic mass is 9.92. The molecule has 2 aromatic carbocycles. The lowest BCUT2D eigenvalue weighted by Gasteiger charge is -2.16. The smallest absolute Gasteiger partial charge is 0.416 e. The van der Waals surface area contributed by atoms with Crippen molar-refractivity contribution in [2.75, 3.05) is 19.8 Å². The zero-order valence-corrected chi connectivity index (χ0v) is 24.1. The molecular formula is C30H41BrF3NO3. The molecule has 2 rings (SSSR count). The van der Waals surface area contributed by atoms with Crippen molar-refractivity contribution >= 4 is 21.8 Å². The van der Waals surface area contributed by atoms with Gasteiger partial charge in [-0.25, -0.2) is 0 Å². The van der Waals surface area contributed by atoms with Gasteiger partial charge in [-0.15, -0.1) is 0 Å². The highest BCUT2D eigenvalue weighted by Gasteiger charge is 2.31. The van der Waals surface area contributed by atoms with Crippen molar-refractivity contribution in [3.8, 4) is 16.9 Å². The van der Waals surface area contributed by atoms with E-state index in [9.17, 15) is 23.1 Å². The van der Waals surface area contributed by atoms with Gasteiger partial charge >= 0.3 is 6.18 Å². The molecule has 0 spiro atoms. The third-order valence-corrected chi connectivity index (χ3v) is 7.35. The predicted molar refractivity (Wildman–Crippen MR) is 151 cm³/mol. The summed E-state index contributed by atoms with van der Waals surface area (Å²) in [7, 11) is 0. The van der Waals surface area contributed by atoms with E-state index in [4.69, 9.17) is 4.74 Å². The van der Waals surface area contributed by atoms with Crippen molar-refractivity contribution < 1.29 is 27.8 Å². The van der Waals surface area contributed by atoms with Crippen LogP contribution in [-0.2, 0) is 6.18 Å². The van der Waals surface area contributed by atoms with Crippen LogP contribution >= 0.6 is 15.9 Å². The average molecular weight is 601 g/mol. The molecule has 0 aliphatic rings. The minimum atomic E-state index is -4.50. The van der Waals surface area contributed by atoms with Gasteiger partial charge in [0.15, 0.2) is 0 Å². The van der Waals surface area contributed by atoms with Crippen molar-refractivity contribution in [2.45, 2.75) is 84.2 Å². The summed E-state index contributed by atoms with van der Waals surface area (Å²) >= 11 is 3.39. The van der Waals surface area contributed by atoms with Crippen LogP contribution in [0.25, 0.3) is 11.1 Å². The van der Waals surface area contributed by atoms with Crippen molar-refractivity contribution in [3.63, 3.8) is 0 Å². The van der Waals surface area contributed by atoms with Crippen LogP contribution in [0.3, 0.4) is 0 Å². The molecule has 38 heavy (non-hydrogen) atoms. The molecule has 4 nitrogen and oxygen atoms in total. The quantitative estimate of drug-likeness (QED) is 0.179. The maximum atomic E-state index is 13.3. The molecule has 1 atom stereocenters. The minimum Gasteiger partial charge on any atom is -0.489 e. The number of aliphatic hydroxyl groups is 1. The number of rotatable bonds is 17. The Labute approximate surface area is 233 Å². The van der Waals surface area contributed by atoms with Gasteiger partial charge in [0.2, 0.25) is 0 Å². The summed E-state index contributed by atoms with van der Waals surface area (Å²) in [6.07, 6.45) is 7.49. The Balaban J connectivity index is 2.01. The zero-order chi connectivity index (χ0) is 28.0. The number of nitrogens with one attached hydrogen (secondary N) is 1. The lowest BCUT2D eigenvalue weighted by Crippen LogP contribution is -2.24. The van der Waals surface area contributed by atoms with Crippen LogP contribution in [0.1, 0.15) is 94.0 Å². The van der Waals surface area contributed by atoms with E-state index in [0.717, 1.165) is 37.3 Å². The Morgan fingerprint density at radius 3 is 2.37 bits per heavy atom. The van der Waals surface area contributed by atoms with Gasteiger partial charge in [-0.05, 0) is 58.1 Å². The fraction of sp³-hybridized carbons (Fsp3) is 0.567. The third kappa shape index (κ3) is 10.6. The van der Waals surface area contributed by atoms with E-state index in [1.165, 1.54) is 63.1 Å². The molecule has 0 bridgehead atoms. The van der Waals surface area contributed by atoms with Crippen molar-refractivity contribution in [1.29, 1.82) is 0 Å². The first-order chi connectivity index (χ1) is 18.2. The largest absolute Gasteiger partial charge is 0.489 e. The summed E-state index contributed by atoms with van der Waals surface area (Å²) in [5, 5.41) is 12.1. The molecule has 0 radical (unpaired) electrons. The summed E-state index contributed by atoms with van der Waals surface area (Å²) in [6.45, 7) is 4.73. The molecule has 0 fully saturated rings. The van der Waals surface area contributed by atoms with Crippen molar-refractivity contribution in [1.82, 2.24) is 5.32 Å². The average Bonchev–Trinajstić information content (AvgIpc) is 2.90. The Hall–Kier alpha value is -2.06. The van der Waals surface area contributed by atoms with Gasteiger partial charge in [0.05, 0.1) is 16.6 Å². The first-order valence-electron chi connectivity index (χ1n) is 13.7. The van der Waals surface area contributed by atoms with Crippen molar-refractivity contribution in [2.24, 2.45) is 5.92 Å². The van der Waals surface area contributed by atoms with Crippen LogP contribution in [0, 0.1) is 5.92 Å². The van der Waals surface area contributed by atoms with Crippen LogP contribution < -0.4 is 10.1 Å². The second kappa shape index (κ2) is 16.8. The number of hydrogen-bond acceptors (Lipinski definition) is 3. The normalized spacial score (nSPS) is 12.4. The molecule has 1 amide bonds. The van der Waals surface area contributed by atoms with Gasteiger partial charge in [-0.2, -0.15) is 13.2 Å². The van der Waals surface area contributed by atoms with Gasteiger partial charge in [-0.1, -0.05) is 83.8 Å². The van der Waals surface area contributed by atoms with E-state index in [1.807, 2.05) is 0 Å². The minimum absolute atomic E-state index is 0.0340. The second-order valence-corrected chi connectivity index (χ2v) is 10.6. The molecule has 0 saturated carbocycles. The monoisotopic (exact) mass is 599 g/mol. The van der Waals surface area contributed by atoms with Gasteiger partial charge in [-0.3, -0.25) is 4.79 Å². The topological polar surface area (TPSA) is 58.6 Å². The highest BCUT2D eigenvalue weighted by Crippen LogP contribution is 2.40. The number of amides is 1. The number of aliphatic hydroxyl groups excluding tert-OH is 1. The molecule has 0 aromatic heterocycles. The number of carbonyl (C=O) groups is 1. The highest BCUT2D eigenvalue weighted by atomic mass is 79.9. The highest BCUT2D eigenvalue weighted by molar-refractivity contribution is 9.10. The number of unbranched alkanes of at least 4 members (excludes halogenated alkanes) is 5. The number of carbonyl (C=O) groups excluding carboxylic acids is 1. The molecule has 0 saturated heterocycles. The number of alkyl halides is 3. The molecule has 1 unspecified atom stereocenters. The summed E-state index contributed by atoms with van der Waals surface area (Å²) < 4.78 is 46.0. The van der Waals surface area contributed by atoms with Gasteiger partial charge in [0.25, 0.3) is 5.91 Å². The molecular weight excluding hydrogens is 559 g/mol. The fourth-order valence-electron chi connectivity index (χ4n) is 4.55. The number of hydrogen-bond donors (Lipinski definition) is 2. The molecule has 0 aliphatic carbocycles. The van der Waals surface area contributed by atoms with Crippen LogP contribution in [0.2, 0.25) is 0 Å². The summed E-state index contributed by atoms with van der Waals surface area (Å²) in [6, 6.07) is 8.01. The van der Waals surface area contributed by atoms with Crippen molar-refractivity contribution in [3.05, 3.63) is 52.0 Å².